The van der Waals surface area contributed by atoms with E-state index in [4.69, 9.17) is 4.65 Å². The van der Waals surface area contributed by atoms with E-state index in [1.807, 2.05) is 5.23 Å². The Morgan fingerprint density at radius 2 is 1.12 bits per heavy atom. The summed E-state index contributed by atoms with van der Waals surface area (Å²) in [6.45, 7) is -1.00. The predicted molar refractivity (Wildman–Crippen MR) is 80.7 cm³/mol. The van der Waals surface area contributed by atoms with Gasteiger partial charge >= 0.3 is 18.8 Å². The number of hydrogen-bond donors (Lipinski definition) is 1. The summed E-state index contributed by atoms with van der Waals surface area (Å²) in [5.74, 6) is 0. The number of rotatable bonds is 2. The van der Waals surface area contributed by atoms with Crippen molar-refractivity contribution in [2.24, 2.45) is 0 Å². The zero-order valence-electron chi connectivity index (χ0n) is 12.9. The van der Waals surface area contributed by atoms with Crippen molar-refractivity contribution in [3.8, 4) is 0 Å². The molecule has 1 heterocycles. The summed E-state index contributed by atoms with van der Waals surface area (Å²) in [5, 5.41) is 1.82. The monoisotopic (exact) mass is 361 g/mol. The van der Waals surface area contributed by atoms with Crippen LogP contribution in [-0.2, 0) is 17.0 Å². The van der Waals surface area contributed by atoms with Gasteiger partial charge in [-0.15, -0.1) is 10.9 Å². The van der Waals surface area contributed by atoms with Crippen molar-refractivity contribution in [3.05, 3.63) is 59.7 Å². The molecule has 9 heteroatoms. The summed E-state index contributed by atoms with van der Waals surface area (Å²) in [6.07, 6.45) is -8.90. The van der Waals surface area contributed by atoms with Gasteiger partial charge in [-0.05, 0) is 0 Å². The summed E-state index contributed by atoms with van der Waals surface area (Å²) in [5.41, 5.74) is -0.559. The highest BCUT2D eigenvalue weighted by atomic mass is 19.4. The molecular formula is C16H14BF6NO. The van der Waals surface area contributed by atoms with Crippen molar-refractivity contribution in [3.63, 3.8) is 0 Å². The molecule has 0 saturated carbocycles. The maximum Gasteiger partial charge on any atom is 0.416 e. The molecule has 0 bridgehead atoms. The molecule has 0 aromatic heterocycles. The van der Waals surface area contributed by atoms with Crippen LogP contribution in [0.2, 0.25) is 0 Å². The molecule has 1 aliphatic heterocycles. The molecule has 0 radical (unpaired) electrons. The third-order valence-electron chi connectivity index (χ3n) is 4.46. The molecule has 0 aliphatic carbocycles. The second-order valence-corrected chi connectivity index (χ2v) is 5.98. The highest BCUT2D eigenvalue weighted by molar-refractivity contribution is 6.90. The first kappa shape index (κ1) is 17.8. The van der Waals surface area contributed by atoms with E-state index in [0.717, 1.165) is 24.3 Å². The summed E-state index contributed by atoms with van der Waals surface area (Å²) < 4.78 is 82.2. The Morgan fingerprint density at radius 1 is 0.720 bits per heavy atom. The molecule has 0 amide bonds. The second-order valence-electron chi connectivity index (χ2n) is 5.98. The first-order valence-corrected chi connectivity index (χ1v) is 7.62. The molecule has 134 valence electrons. The SMILES string of the molecule is FC(F)(F)c1ccc([B-]2(c3ccc(C(F)(F)F)cc3)[NH2+]CCO2)cc1. The van der Waals surface area contributed by atoms with Crippen LogP contribution in [0.25, 0.3) is 0 Å². The van der Waals surface area contributed by atoms with Gasteiger partial charge in [0.15, 0.2) is 0 Å². The largest absolute Gasteiger partial charge is 0.528 e. The lowest BCUT2D eigenvalue weighted by Gasteiger charge is -2.32. The molecule has 3 rings (SSSR count). The van der Waals surface area contributed by atoms with E-state index < -0.39 is 30.0 Å². The maximum atomic E-state index is 12.7. The van der Waals surface area contributed by atoms with Crippen LogP contribution in [0.15, 0.2) is 48.5 Å². The average Bonchev–Trinajstić information content (AvgIpc) is 3.04. The molecule has 2 N–H and O–H groups in total. The van der Waals surface area contributed by atoms with E-state index >= 15 is 0 Å². The van der Waals surface area contributed by atoms with Crippen LogP contribution in [0.3, 0.4) is 0 Å². The molecule has 25 heavy (non-hydrogen) atoms. The minimum Gasteiger partial charge on any atom is -0.528 e. The lowest BCUT2D eigenvalue weighted by atomic mass is 9.42. The van der Waals surface area contributed by atoms with Crippen LogP contribution >= 0.6 is 0 Å². The van der Waals surface area contributed by atoms with Crippen LogP contribution in [0.1, 0.15) is 11.1 Å². The molecule has 0 unspecified atom stereocenters. The fourth-order valence-electron chi connectivity index (χ4n) is 3.20. The van der Waals surface area contributed by atoms with Gasteiger partial charge in [-0.1, -0.05) is 48.5 Å². The number of hydrogen-bond acceptors (Lipinski definition) is 1. The Labute approximate surface area is 139 Å². The van der Waals surface area contributed by atoms with Gasteiger partial charge in [0.25, 0.3) is 0 Å². The van der Waals surface area contributed by atoms with E-state index in [0.29, 0.717) is 24.1 Å². The average molecular weight is 361 g/mol. The Kier molecular flexibility index (Phi) is 4.32. The Balaban J connectivity index is 2.00. The van der Waals surface area contributed by atoms with Crippen molar-refractivity contribution in [2.75, 3.05) is 13.2 Å². The van der Waals surface area contributed by atoms with Gasteiger partial charge < -0.3 is 9.88 Å². The summed E-state index contributed by atoms with van der Waals surface area (Å²) in [4.78, 5) is 0. The molecule has 0 spiro atoms. The Bertz CT molecular complexity index is 674. The van der Waals surface area contributed by atoms with Gasteiger partial charge in [0.05, 0.1) is 24.3 Å². The molecule has 2 aromatic carbocycles. The van der Waals surface area contributed by atoms with E-state index in [1.165, 1.54) is 24.3 Å². The van der Waals surface area contributed by atoms with E-state index in [9.17, 15) is 26.3 Å². The van der Waals surface area contributed by atoms with Gasteiger partial charge in [-0.2, -0.15) is 26.3 Å². The highest BCUT2D eigenvalue weighted by Gasteiger charge is 2.41. The van der Waals surface area contributed by atoms with Crippen LogP contribution in [0, 0.1) is 0 Å². The molecular weight excluding hydrogens is 347 g/mol. The van der Waals surface area contributed by atoms with Crippen LogP contribution in [0.4, 0.5) is 26.3 Å². The third-order valence-corrected chi connectivity index (χ3v) is 4.46. The number of nitrogens with two attached hydrogens (primary N) is 1. The molecule has 1 aliphatic rings. The summed E-state index contributed by atoms with van der Waals surface area (Å²) in [6, 6.07) is 9.11. The van der Waals surface area contributed by atoms with E-state index in [-0.39, 0.29) is 0 Å². The first-order chi connectivity index (χ1) is 11.6. The van der Waals surface area contributed by atoms with Crippen LogP contribution < -0.4 is 16.2 Å². The highest BCUT2D eigenvalue weighted by Crippen LogP contribution is 2.29. The topological polar surface area (TPSA) is 25.8 Å². The standard InChI is InChI=1S/C16H14BF6NO/c18-15(19,20)11-1-5-13(6-2-11)17(24-9-10-25-17)14-7-3-12(4-8-14)16(21,22)23/h1-8H,9-10,24H2. The smallest absolute Gasteiger partial charge is 0.416 e. The number of halogens is 6. The molecule has 2 aromatic rings. The number of alkyl halides is 6. The van der Waals surface area contributed by atoms with Gasteiger partial charge in [0.1, 0.15) is 0 Å². The van der Waals surface area contributed by atoms with Crippen molar-refractivity contribution in [1.29, 1.82) is 0 Å². The molecule has 1 fully saturated rings. The van der Waals surface area contributed by atoms with Crippen molar-refractivity contribution < 1.29 is 36.2 Å². The van der Waals surface area contributed by atoms with Crippen molar-refractivity contribution in [2.45, 2.75) is 12.4 Å². The van der Waals surface area contributed by atoms with Crippen molar-refractivity contribution in [1.82, 2.24) is 0 Å². The van der Waals surface area contributed by atoms with E-state index in [2.05, 4.69) is 0 Å². The molecule has 0 atom stereocenters. The second kappa shape index (κ2) is 6.07. The first-order valence-electron chi connectivity index (χ1n) is 7.62. The lowest BCUT2D eigenvalue weighted by molar-refractivity contribution is -0.514. The van der Waals surface area contributed by atoms with Crippen molar-refractivity contribution >= 4 is 17.4 Å². The third kappa shape index (κ3) is 3.39. The lowest BCUT2D eigenvalue weighted by Crippen LogP contribution is -3.04. The minimum atomic E-state index is -4.45. The minimum absolute atomic E-state index is 0.363. The summed E-state index contributed by atoms with van der Waals surface area (Å²) in [7, 11) is 0. The predicted octanol–water partition coefficient (Wildman–Crippen LogP) is 1.87. The summed E-state index contributed by atoms with van der Waals surface area (Å²) >= 11 is 0. The maximum absolute atomic E-state index is 12.7. The fourth-order valence-corrected chi connectivity index (χ4v) is 3.20. The molecule has 2 nitrogen and oxygen atoms in total. The zero-order chi connectivity index (χ0) is 18.3. The number of benzene rings is 2. The quantitative estimate of drug-likeness (QED) is 0.642. The normalized spacial score (nSPS) is 17.7. The van der Waals surface area contributed by atoms with Gasteiger partial charge in [0.2, 0.25) is 0 Å². The van der Waals surface area contributed by atoms with Gasteiger partial charge in [0, 0.05) is 0 Å². The Hall–Kier alpha value is -2.00. The fraction of sp³-hybridized carbons (Fsp3) is 0.250. The van der Waals surface area contributed by atoms with Crippen LogP contribution in [-0.4, -0.2) is 19.6 Å². The Morgan fingerprint density at radius 3 is 1.40 bits per heavy atom. The zero-order valence-corrected chi connectivity index (χ0v) is 12.9. The van der Waals surface area contributed by atoms with Gasteiger partial charge in [-0.25, -0.2) is 0 Å². The van der Waals surface area contributed by atoms with E-state index in [1.54, 1.807) is 0 Å². The van der Waals surface area contributed by atoms with Crippen LogP contribution in [0.5, 0.6) is 0 Å². The number of quaternary nitrogens is 1. The van der Waals surface area contributed by atoms with Gasteiger partial charge in [-0.3, -0.25) is 0 Å². The molecule has 1 saturated heterocycles.